The molecule has 1 aliphatic rings. The molecule has 5 nitrogen and oxygen atoms in total. The molecule has 122 valence electrons. The molecule has 0 spiro atoms. The van der Waals surface area contributed by atoms with E-state index in [1.165, 1.54) is 0 Å². The fourth-order valence-corrected chi connectivity index (χ4v) is 2.22. The van der Waals surface area contributed by atoms with Gasteiger partial charge in [-0.3, -0.25) is 9.79 Å². The van der Waals surface area contributed by atoms with Crippen LogP contribution >= 0.6 is 0 Å². The molecule has 2 rings (SSSR count). The Labute approximate surface area is 136 Å². The summed E-state index contributed by atoms with van der Waals surface area (Å²) in [5.74, 6) is 0.576. The van der Waals surface area contributed by atoms with Crippen LogP contribution in [0.2, 0.25) is 0 Å². The number of ether oxygens (including phenoxy) is 1. The van der Waals surface area contributed by atoms with Crippen molar-refractivity contribution >= 4 is 17.6 Å². The van der Waals surface area contributed by atoms with Gasteiger partial charge in [0.25, 0.3) is 0 Å². The van der Waals surface area contributed by atoms with Gasteiger partial charge in [-0.05, 0) is 37.1 Å². The SMILES string of the molecule is CCOc1cc(C=CC(=O)CCC2=NC=CN(C)C2)ccc1O. The topological polar surface area (TPSA) is 62.1 Å². The molecule has 0 radical (unpaired) electrons. The van der Waals surface area contributed by atoms with E-state index in [1.807, 2.05) is 25.1 Å². The van der Waals surface area contributed by atoms with Crippen LogP contribution in [0.5, 0.6) is 11.5 Å². The van der Waals surface area contributed by atoms with Crippen LogP contribution in [0.15, 0.2) is 41.7 Å². The van der Waals surface area contributed by atoms with Crippen molar-refractivity contribution in [3.05, 3.63) is 42.2 Å². The standard InChI is InChI=1S/C18H22N2O3/c1-3-23-18-12-14(5-9-17(18)22)4-7-16(21)8-6-15-13-20(2)11-10-19-15/h4-5,7,9-12,22H,3,6,8,13H2,1-2H3. The van der Waals surface area contributed by atoms with E-state index >= 15 is 0 Å². The van der Waals surface area contributed by atoms with Gasteiger partial charge in [-0.2, -0.15) is 0 Å². The second kappa shape index (κ2) is 8.17. The normalized spacial score (nSPS) is 14.2. The smallest absolute Gasteiger partial charge is 0.161 e. The van der Waals surface area contributed by atoms with Crippen LogP contribution in [0.4, 0.5) is 0 Å². The fourth-order valence-electron chi connectivity index (χ4n) is 2.22. The molecule has 0 fully saturated rings. The van der Waals surface area contributed by atoms with Crippen molar-refractivity contribution in [2.75, 3.05) is 20.2 Å². The monoisotopic (exact) mass is 314 g/mol. The summed E-state index contributed by atoms with van der Waals surface area (Å²) < 4.78 is 5.33. The number of benzene rings is 1. The van der Waals surface area contributed by atoms with Crippen molar-refractivity contribution in [1.29, 1.82) is 0 Å². The number of carbonyl (C=O) groups excluding carboxylic acids is 1. The average molecular weight is 314 g/mol. The minimum Gasteiger partial charge on any atom is -0.504 e. The molecule has 0 saturated carbocycles. The lowest BCUT2D eigenvalue weighted by Gasteiger charge is -2.18. The zero-order valence-corrected chi connectivity index (χ0v) is 13.5. The molecule has 0 saturated heterocycles. The van der Waals surface area contributed by atoms with E-state index < -0.39 is 0 Å². The third kappa shape index (κ3) is 5.29. The van der Waals surface area contributed by atoms with Crippen molar-refractivity contribution in [2.24, 2.45) is 4.99 Å². The lowest BCUT2D eigenvalue weighted by atomic mass is 10.1. The number of hydrogen-bond acceptors (Lipinski definition) is 5. The quantitative estimate of drug-likeness (QED) is 0.786. The summed E-state index contributed by atoms with van der Waals surface area (Å²) >= 11 is 0. The lowest BCUT2D eigenvalue weighted by molar-refractivity contribution is -0.114. The van der Waals surface area contributed by atoms with Crippen LogP contribution in [-0.2, 0) is 4.79 Å². The molecule has 0 amide bonds. The molecule has 23 heavy (non-hydrogen) atoms. The first-order chi connectivity index (χ1) is 11.1. The van der Waals surface area contributed by atoms with Crippen LogP contribution in [0, 0.1) is 0 Å². The summed E-state index contributed by atoms with van der Waals surface area (Å²) in [4.78, 5) is 18.3. The first kappa shape index (κ1) is 16.8. The Bertz CT molecular complexity index is 648. The van der Waals surface area contributed by atoms with Crippen molar-refractivity contribution < 1.29 is 14.6 Å². The van der Waals surface area contributed by atoms with E-state index in [9.17, 15) is 9.90 Å². The predicted octanol–water partition coefficient (Wildman–Crippen LogP) is 3.01. The van der Waals surface area contributed by atoms with Crippen LogP contribution in [-0.4, -0.2) is 41.7 Å². The summed E-state index contributed by atoms with van der Waals surface area (Å²) in [6, 6.07) is 5.02. The highest BCUT2D eigenvalue weighted by Gasteiger charge is 2.07. The van der Waals surface area contributed by atoms with Crippen LogP contribution < -0.4 is 4.74 Å². The molecular weight excluding hydrogens is 292 g/mol. The van der Waals surface area contributed by atoms with E-state index in [4.69, 9.17) is 4.74 Å². The second-order valence-electron chi connectivity index (χ2n) is 5.37. The van der Waals surface area contributed by atoms with Gasteiger partial charge in [0.05, 0.1) is 13.2 Å². The molecule has 1 aromatic rings. The summed E-state index contributed by atoms with van der Waals surface area (Å²) in [5.41, 5.74) is 1.83. The van der Waals surface area contributed by atoms with Gasteiger partial charge in [0, 0.05) is 31.6 Å². The lowest BCUT2D eigenvalue weighted by Crippen LogP contribution is -2.23. The Balaban J connectivity index is 1.89. The van der Waals surface area contributed by atoms with E-state index in [1.54, 1.807) is 36.6 Å². The molecule has 1 aromatic carbocycles. The van der Waals surface area contributed by atoms with E-state index in [-0.39, 0.29) is 11.5 Å². The van der Waals surface area contributed by atoms with Gasteiger partial charge in [-0.1, -0.05) is 12.1 Å². The van der Waals surface area contributed by atoms with Gasteiger partial charge in [0.2, 0.25) is 0 Å². The number of aliphatic imine (C=N–C) groups is 1. The Kier molecular flexibility index (Phi) is 5.97. The Morgan fingerprint density at radius 2 is 2.30 bits per heavy atom. The molecule has 1 N–H and O–H groups in total. The number of ketones is 1. The van der Waals surface area contributed by atoms with Crippen LogP contribution in [0.1, 0.15) is 25.3 Å². The van der Waals surface area contributed by atoms with Crippen molar-refractivity contribution in [3.8, 4) is 11.5 Å². The minimum absolute atomic E-state index is 0.0518. The molecule has 0 bridgehead atoms. The first-order valence-corrected chi connectivity index (χ1v) is 7.67. The first-order valence-electron chi connectivity index (χ1n) is 7.67. The average Bonchev–Trinajstić information content (AvgIpc) is 2.54. The summed E-state index contributed by atoms with van der Waals surface area (Å²) in [7, 11) is 1.98. The summed E-state index contributed by atoms with van der Waals surface area (Å²) in [6.45, 7) is 3.10. The molecule has 0 aliphatic carbocycles. The number of hydrogen-bond donors (Lipinski definition) is 1. The third-order valence-corrected chi connectivity index (χ3v) is 3.42. The van der Waals surface area contributed by atoms with Crippen LogP contribution in [0.25, 0.3) is 6.08 Å². The maximum Gasteiger partial charge on any atom is 0.161 e. The molecule has 1 heterocycles. The highest BCUT2D eigenvalue weighted by Crippen LogP contribution is 2.27. The fraction of sp³-hybridized carbons (Fsp3) is 0.333. The zero-order chi connectivity index (χ0) is 16.7. The van der Waals surface area contributed by atoms with E-state index in [0.717, 1.165) is 17.8 Å². The molecule has 5 heteroatoms. The highest BCUT2D eigenvalue weighted by atomic mass is 16.5. The number of aromatic hydroxyl groups is 1. The predicted molar refractivity (Wildman–Crippen MR) is 91.8 cm³/mol. The number of rotatable bonds is 7. The number of phenols is 1. The third-order valence-electron chi connectivity index (χ3n) is 3.42. The molecule has 0 atom stereocenters. The van der Waals surface area contributed by atoms with Gasteiger partial charge < -0.3 is 14.7 Å². The minimum atomic E-state index is 0.0518. The van der Waals surface area contributed by atoms with Gasteiger partial charge in [-0.25, -0.2) is 0 Å². The van der Waals surface area contributed by atoms with Crippen molar-refractivity contribution in [3.63, 3.8) is 0 Å². The van der Waals surface area contributed by atoms with Gasteiger partial charge in [0.1, 0.15) is 0 Å². The number of phenolic OH excluding ortho intramolecular Hbond substituents is 1. The summed E-state index contributed by atoms with van der Waals surface area (Å²) in [5, 5.41) is 9.65. The van der Waals surface area contributed by atoms with Gasteiger partial charge in [0.15, 0.2) is 17.3 Å². The van der Waals surface area contributed by atoms with Gasteiger partial charge >= 0.3 is 0 Å². The highest BCUT2D eigenvalue weighted by molar-refractivity contribution is 5.97. The van der Waals surface area contributed by atoms with Crippen molar-refractivity contribution in [2.45, 2.75) is 19.8 Å². The van der Waals surface area contributed by atoms with E-state index in [2.05, 4.69) is 4.99 Å². The maximum absolute atomic E-state index is 12.0. The number of nitrogens with zero attached hydrogens (tertiary/aromatic N) is 2. The second-order valence-corrected chi connectivity index (χ2v) is 5.37. The van der Waals surface area contributed by atoms with Gasteiger partial charge in [-0.15, -0.1) is 0 Å². The zero-order valence-electron chi connectivity index (χ0n) is 13.5. The van der Waals surface area contributed by atoms with E-state index in [0.29, 0.717) is 25.2 Å². The molecule has 0 aromatic heterocycles. The largest absolute Gasteiger partial charge is 0.504 e. The molecular formula is C18H22N2O3. The summed E-state index contributed by atoms with van der Waals surface area (Å²) in [6.07, 6.45) is 8.06. The Morgan fingerprint density at radius 1 is 1.48 bits per heavy atom. The number of carbonyl (C=O) groups is 1. The number of allylic oxidation sites excluding steroid dienone is 1. The van der Waals surface area contributed by atoms with Crippen LogP contribution in [0.3, 0.4) is 0 Å². The molecule has 0 unspecified atom stereocenters. The Morgan fingerprint density at radius 3 is 3.04 bits per heavy atom. The molecule has 1 aliphatic heterocycles. The maximum atomic E-state index is 12.0. The van der Waals surface area contributed by atoms with Crippen molar-refractivity contribution in [1.82, 2.24) is 4.90 Å². The Hall–Kier alpha value is -2.56.